The first kappa shape index (κ1) is 12.5. The number of halogens is 3. The number of aromatic nitrogens is 3. The Balaban J connectivity index is 2.10. The highest BCUT2D eigenvalue weighted by atomic mass is 19.4. The highest BCUT2D eigenvalue weighted by Crippen LogP contribution is 2.31. The molecule has 0 spiro atoms. The van der Waals surface area contributed by atoms with Gasteiger partial charge < -0.3 is 5.73 Å². The molecule has 0 amide bonds. The Kier molecular flexibility index (Phi) is 2.63. The van der Waals surface area contributed by atoms with E-state index in [4.69, 9.17) is 5.73 Å². The standard InChI is InChI=1S/C13H9F3N4/c14-13(15,16)9-3-1-8(2-4-9)10-7-19-20-11(17)5-6-18-12(10)20/h1-7H,17H2. The van der Waals surface area contributed by atoms with E-state index in [1.165, 1.54) is 29.0 Å². The summed E-state index contributed by atoms with van der Waals surface area (Å²) in [5, 5.41) is 4.07. The molecule has 0 bridgehead atoms. The minimum absolute atomic E-state index is 0.410. The summed E-state index contributed by atoms with van der Waals surface area (Å²) >= 11 is 0. The van der Waals surface area contributed by atoms with Gasteiger partial charge in [-0.2, -0.15) is 22.8 Å². The van der Waals surface area contributed by atoms with Gasteiger partial charge in [0.15, 0.2) is 5.65 Å². The first-order valence-corrected chi connectivity index (χ1v) is 5.72. The predicted molar refractivity (Wildman–Crippen MR) is 67.8 cm³/mol. The van der Waals surface area contributed by atoms with Crippen molar-refractivity contribution in [3.05, 3.63) is 48.3 Å². The van der Waals surface area contributed by atoms with Crippen molar-refractivity contribution in [1.82, 2.24) is 14.6 Å². The number of hydrogen-bond acceptors (Lipinski definition) is 3. The highest BCUT2D eigenvalue weighted by molar-refractivity contribution is 5.77. The molecule has 0 fully saturated rings. The van der Waals surface area contributed by atoms with E-state index in [0.717, 1.165) is 12.1 Å². The Hall–Kier alpha value is -2.57. The number of fused-ring (bicyclic) bond motifs is 1. The van der Waals surface area contributed by atoms with Gasteiger partial charge in [-0.15, -0.1) is 0 Å². The fourth-order valence-electron chi connectivity index (χ4n) is 1.95. The number of benzene rings is 1. The van der Waals surface area contributed by atoms with Crippen molar-refractivity contribution in [2.24, 2.45) is 0 Å². The topological polar surface area (TPSA) is 56.2 Å². The maximum absolute atomic E-state index is 12.5. The van der Waals surface area contributed by atoms with E-state index in [0.29, 0.717) is 22.6 Å². The summed E-state index contributed by atoms with van der Waals surface area (Å²) in [4.78, 5) is 4.15. The van der Waals surface area contributed by atoms with Gasteiger partial charge in [0.1, 0.15) is 5.82 Å². The Morgan fingerprint density at radius 3 is 2.40 bits per heavy atom. The number of alkyl halides is 3. The van der Waals surface area contributed by atoms with Crippen molar-refractivity contribution >= 4 is 11.5 Å². The van der Waals surface area contributed by atoms with Gasteiger partial charge in [-0.3, -0.25) is 0 Å². The molecule has 20 heavy (non-hydrogen) atoms. The van der Waals surface area contributed by atoms with Crippen molar-refractivity contribution in [2.75, 3.05) is 5.73 Å². The number of hydrogen-bond donors (Lipinski definition) is 1. The van der Waals surface area contributed by atoms with Crippen LogP contribution in [0.15, 0.2) is 42.7 Å². The average Bonchev–Trinajstić information content (AvgIpc) is 2.83. The Bertz CT molecular complexity index is 759. The molecular formula is C13H9F3N4. The monoisotopic (exact) mass is 278 g/mol. The number of rotatable bonds is 1. The van der Waals surface area contributed by atoms with Crippen LogP contribution in [-0.2, 0) is 6.18 Å². The summed E-state index contributed by atoms with van der Waals surface area (Å²) in [6.45, 7) is 0. The Morgan fingerprint density at radius 1 is 1.05 bits per heavy atom. The predicted octanol–water partition coefficient (Wildman–Crippen LogP) is 3.00. The van der Waals surface area contributed by atoms with Gasteiger partial charge in [0, 0.05) is 11.8 Å². The SMILES string of the molecule is Nc1ccnc2c(-c3ccc(C(F)(F)F)cc3)cnn12. The molecule has 0 radical (unpaired) electrons. The van der Waals surface area contributed by atoms with E-state index in [-0.39, 0.29) is 0 Å². The van der Waals surface area contributed by atoms with E-state index >= 15 is 0 Å². The molecule has 0 atom stereocenters. The lowest BCUT2D eigenvalue weighted by Gasteiger charge is -2.07. The largest absolute Gasteiger partial charge is 0.416 e. The minimum atomic E-state index is -4.34. The smallest absolute Gasteiger partial charge is 0.384 e. The molecule has 2 heterocycles. The van der Waals surface area contributed by atoms with Crippen LogP contribution in [0.25, 0.3) is 16.8 Å². The first-order valence-electron chi connectivity index (χ1n) is 5.72. The van der Waals surface area contributed by atoms with Crippen molar-refractivity contribution in [3.63, 3.8) is 0 Å². The zero-order valence-electron chi connectivity index (χ0n) is 10.1. The molecule has 7 heteroatoms. The van der Waals surface area contributed by atoms with Crippen LogP contribution in [0, 0.1) is 0 Å². The number of nitrogens with zero attached hydrogens (tertiary/aromatic N) is 3. The van der Waals surface area contributed by atoms with Gasteiger partial charge in [0.25, 0.3) is 0 Å². The summed E-state index contributed by atoms with van der Waals surface area (Å²) < 4.78 is 39.0. The molecule has 2 N–H and O–H groups in total. The van der Waals surface area contributed by atoms with E-state index in [1.54, 1.807) is 6.07 Å². The van der Waals surface area contributed by atoms with Gasteiger partial charge in [-0.25, -0.2) is 4.98 Å². The average molecular weight is 278 g/mol. The molecule has 0 saturated heterocycles. The Morgan fingerprint density at radius 2 is 1.75 bits per heavy atom. The van der Waals surface area contributed by atoms with E-state index < -0.39 is 11.7 Å². The van der Waals surface area contributed by atoms with Gasteiger partial charge in [-0.05, 0) is 23.8 Å². The third-order valence-corrected chi connectivity index (χ3v) is 2.95. The maximum atomic E-state index is 12.5. The third kappa shape index (κ3) is 1.97. The second kappa shape index (κ2) is 4.22. The van der Waals surface area contributed by atoms with Crippen LogP contribution in [0.5, 0.6) is 0 Å². The van der Waals surface area contributed by atoms with Crippen LogP contribution in [0.1, 0.15) is 5.56 Å². The molecule has 3 aromatic rings. The lowest BCUT2D eigenvalue weighted by molar-refractivity contribution is -0.137. The minimum Gasteiger partial charge on any atom is -0.384 e. The van der Waals surface area contributed by atoms with Crippen molar-refractivity contribution in [2.45, 2.75) is 6.18 Å². The summed E-state index contributed by atoms with van der Waals surface area (Å²) in [5.74, 6) is 0.410. The molecule has 4 nitrogen and oxygen atoms in total. The normalized spacial score (nSPS) is 11.9. The fraction of sp³-hybridized carbons (Fsp3) is 0.0769. The summed E-state index contributed by atoms with van der Waals surface area (Å²) in [7, 11) is 0. The van der Waals surface area contributed by atoms with Gasteiger partial charge in [0.05, 0.1) is 11.8 Å². The second-order valence-corrected chi connectivity index (χ2v) is 4.24. The highest BCUT2D eigenvalue weighted by Gasteiger charge is 2.30. The molecule has 0 unspecified atom stereocenters. The zero-order chi connectivity index (χ0) is 14.3. The van der Waals surface area contributed by atoms with Crippen LogP contribution in [0.2, 0.25) is 0 Å². The van der Waals surface area contributed by atoms with Crippen LogP contribution >= 0.6 is 0 Å². The summed E-state index contributed by atoms with van der Waals surface area (Å²) in [6.07, 6.45) is -1.29. The van der Waals surface area contributed by atoms with Gasteiger partial charge in [-0.1, -0.05) is 12.1 Å². The lowest BCUT2D eigenvalue weighted by Crippen LogP contribution is -2.04. The Labute approximate surface area is 111 Å². The molecule has 0 aliphatic carbocycles. The van der Waals surface area contributed by atoms with Crippen LogP contribution in [0.3, 0.4) is 0 Å². The maximum Gasteiger partial charge on any atom is 0.416 e. The quantitative estimate of drug-likeness (QED) is 0.744. The van der Waals surface area contributed by atoms with Crippen molar-refractivity contribution < 1.29 is 13.2 Å². The molecule has 1 aromatic carbocycles. The molecule has 3 rings (SSSR count). The van der Waals surface area contributed by atoms with Gasteiger partial charge >= 0.3 is 6.18 Å². The molecule has 2 aromatic heterocycles. The molecule has 0 aliphatic heterocycles. The first-order chi connectivity index (χ1) is 9.47. The number of anilines is 1. The third-order valence-electron chi connectivity index (χ3n) is 2.95. The van der Waals surface area contributed by atoms with E-state index in [1.807, 2.05) is 0 Å². The molecule has 0 aliphatic rings. The molecule has 102 valence electrons. The number of nitrogen functional groups attached to an aromatic ring is 1. The van der Waals surface area contributed by atoms with E-state index in [9.17, 15) is 13.2 Å². The zero-order valence-corrected chi connectivity index (χ0v) is 10.1. The fourth-order valence-corrected chi connectivity index (χ4v) is 1.95. The second-order valence-electron chi connectivity index (χ2n) is 4.24. The van der Waals surface area contributed by atoms with E-state index in [2.05, 4.69) is 10.1 Å². The summed E-state index contributed by atoms with van der Waals surface area (Å²) in [5.41, 5.74) is 6.79. The van der Waals surface area contributed by atoms with Crippen molar-refractivity contribution in [3.8, 4) is 11.1 Å². The van der Waals surface area contributed by atoms with Crippen LogP contribution < -0.4 is 5.73 Å². The summed E-state index contributed by atoms with van der Waals surface area (Å²) in [6, 6.07) is 6.45. The molecule has 0 saturated carbocycles. The number of nitrogens with two attached hydrogens (primary N) is 1. The van der Waals surface area contributed by atoms with Crippen LogP contribution in [-0.4, -0.2) is 14.6 Å². The lowest BCUT2D eigenvalue weighted by atomic mass is 10.1. The van der Waals surface area contributed by atoms with Gasteiger partial charge in [0.2, 0.25) is 0 Å². The molecular weight excluding hydrogens is 269 g/mol. The van der Waals surface area contributed by atoms with Crippen LogP contribution in [0.4, 0.5) is 19.0 Å². The van der Waals surface area contributed by atoms with Crippen molar-refractivity contribution in [1.29, 1.82) is 0 Å².